The van der Waals surface area contributed by atoms with Gasteiger partial charge in [-0.3, -0.25) is 0 Å². The number of pyridine rings is 1. The summed E-state index contributed by atoms with van der Waals surface area (Å²) >= 11 is 6.01. The van der Waals surface area contributed by atoms with Crippen molar-refractivity contribution >= 4 is 34.4 Å². The van der Waals surface area contributed by atoms with Gasteiger partial charge >= 0.3 is 11.9 Å². The fourth-order valence-corrected chi connectivity index (χ4v) is 4.89. The number of halogens is 1. The van der Waals surface area contributed by atoms with Crippen LogP contribution < -0.4 is 0 Å². The van der Waals surface area contributed by atoms with Crippen LogP contribution in [0.15, 0.2) is 54.6 Å². The number of esters is 2. The Kier molecular flexibility index (Phi) is 7.52. The Balaban J connectivity index is 1.50. The van der Waals surface area contributed by atoms with E-state index in [4.69, 9.17) is 21.1 Å². The molecule has 0 aliphatic heterocycles. The molecule has 178 valence electrons. The van der Waals surface area contributed by atoms with E-state index >= 15 is 0 Å². The van der Waals surface area contributed by atoms with Crippen molar-refractivity contribution in [2.75, 3.05) is 6.61 Å². The quantitative estimate of drug-likeness (QED) is 0.367. The molecule has 1 heterocycles. The zero-order valence-corrected chi connectivity index (χ0v) is 20.5. The number of carbonyl (C=O) groups excluding carboxylic acids is 2. The Morgan fingerprint density at radius 1 is 1.09 bits per heavy atom. The molecular weight excluding hydrogens is 450 g/mol. The first kappa shape index (κ1) is 24.2. The minimum atomic E-state index is -0.580. The number of ether oxygens (including phenoxy) is 2. The molecule has 1 fully saturated rings. The third-order valence-electron chi connectivity index (χ3n) is 6.64. The number of para-hydroxylation sites is 1. The molecule has 0 radical (unpaired) electrons. The largest absolute Gasteiger partial charge is 0.460 e. The maximum Gasteiger partial charge on any atom is 0.344 e. The third kappa shape index (κ3) is 5.58. The first-order chi connectivity index (χ1) is 16.3. The van der Waals surface area contributed by atoms with Crippen molar-refractivity contribution in [1.29, 1.82) is 0 Å². The standard InChI is InChI=1S/C28H30ClNO4/c1-17(2)21-13-8-18(3)14-26(21)34-27(31)16-33-28(32)23-15-25(19-9-11-20(29)12-10-19)30-24-7-5-4-6-22(23)24/h4-7,9-12,15,17-18,21,26H,8,13-14,16H2,1-3H3/t18-,21-,26+/m0/s1. The van der Waals surface area contributed by atoms with Gasteiger partial charge in [0.25, 0.3) is 0 Å². The summed E-state index contributed by atoms with van der Waals surface area (Å²) in [7, 11) is 0. The highest BCUT2D eigenvalue weighted by molar-refractivity contribution is 6.30. The van der Waals surface area contributed by atoms with Crippen molar-refractivity contribution in [3.63, 3.8) is 0 Å². The molecule has 3 aromatic rings. The second-order valence-corrected chi connectivity index (χ2v) is 9.95. The smallest absolute Gasteiger partial charge is 0.344 e. The topological polar surface area (TPSA) is 65.5 Å². The number of rotatable bonds is 6. The average Bonchev–Trinajstić information content (AvgIpc) is 2.82. The van der Waals surface area contributed by atoms with Gasteiger partial charge in [-0.1, -0.05) is 69.1 Å². The predicted molar refractivity (Wildman–Crippen MR) is 134 cm³/mol. The number of nitrogens with zero attached hydrogens (tertiary/aromatic N) is 1. The van der Waals surface area contributed by atoms with Crippen molar-refractivity contribution in [3.05, 3.63) is 65.2 Å². The van der Waals surface area contributed by atoms with E-state index in [0.717, 1.165) is 24.8 Å². The Hall–Kier alpha value is -2.92. The van der Waals surface area contributed by atoms with Gasteiger partial charge in [-0.2, -0.15) is 0 Å². The van der Waals surface area contributed by atoms with Crippen LogP contribution in [0.1, 0.15) is 50.4 Å². The molecule has 5 nitrogen and oxygen atoms in total. The van der Waals surface area contributed by atoms with Gasteiger partial charge in [0.2, 0.25) is 0 Å². The molecule has 0 spiro atoms. The van der Waals surface area contributed by atoms with Gasteiger partial charge < -0.3 is 9.47 Å². The zero-order valence-electron chi connectivity index (χ0n) is 19.8. The fourth-order valence-electron chi connectivity index (χ4n) is 4.77. The van der Waals surface area contributed by atoms with E-state index in [9.17, 15) is 9.59 Å². The summed E-state index contributed by atoms with van der Waals surface area (Å²) in [6.07, 6.45) is 2.92. The Morgan fingerprint density at radius 3 is 2.56 bits per heavy atom. The minimum absolute atomic E-state index is 0.131. The molecule has 0 saturated heterocycles. The Morgan fingerprint density at radius 2 is 1.82 bits per heavy atom. The monoisotopic (exact) mass is 479 g/mol. The molecule has 34 heavy (non-hydrogen) atoms. The van der Waals surface area contributed by atoms with Crippen LogP contribution in [0.5, 0.6) is 0 Å². The van der Waals surface area contributed by atoms with E-state index in [1.807, 2.05) is 36.4 Å². The number of hydrogen-bond donors (Lipinski definition) is 0. The maximum absolute atomic E-state index is 13.0. The second kappa shape index (κ2) is 10.6. The lowest BCUT2D eigenvalue weighted by Gasteiger charge is -2.36. The van der Waals surface area contributed by atoms with Crippen LogP contribution in [-0.2, 0) is 14.3 Å². The van der Waals surface area contributed by atoms with Gasteiger partial charge in [-0.15, -0.1) is 0 Å². The lowest BCUT2D eigenvalue weighted by atomic mass is 9.75. The molecule has 0 N–H and O–H groups in total. The molecule has 1 aromatic heterocycles. The lowest BCUT2D eigenvalue weighted by Crippen LogP contribution is -2.36. The molecule has 3 atom stereocenters. The van der Waals surface area contributed by atoms with Crippen LogP contribution in [0, 0.1) is 17.8 Å². The van der Waals surface area contributed by atoms with Crippen LogP contribution in [0.2, 0.25) is 5.02 Å². The van der Waals surface area contributed by atoms with E-state index in [1.165, 1.54) is 0 Å². The minimum Gasteiger partial charge on any atom is -0.460 e. The molecule has 1 aliphatic rings. The van der Waals surface area contributed by atoms with E-state index in [2.05, 4.69) is 25.8 Å². The van der Waals surface area contributed by atoms with Crippen LogP contribution in [0.25, 0.3) is 22.2 Å². The highest BCUT2D eigenvalue weighted by Crippen LogP contribution is 2.35. The highest BCUT2D eigenvalue weighted by atomic mass is 35.5. The third-order valence-corrected chi connectivity index (χ3v) is 6.89. The lowest BCUT2D eigenvalue weighted by molar-refractivity contribution is -0.159. The number of hydrogen-bond acceptors (Lipinski definition) is 5. The average molecular weight is 480 g/mol. The summed E-state index contributed by atoms with van der Waals surface area (Å²) in [6.45, 7) is 6.09. The van der Waals surface area contributed by atoms with Crippen LogP contribution in [0.4, 0.5) is 0 Å². The van der Waals surface area contributed by atoms with Crippen LogP contribution in [-0.4, -0.2) is 29.6 Å². The molecule has 0 unspecified atom stereocenters. The predicted octanol–water partition coefficient (Wildman–Crippen LogP) is 6.72. The summed E-state index contributed by atoms with van der Waals surface area (Å²) in [5.74, 6) is 0.201. The van der Waals surface area contributed by atoms with Gasteiger partial charge in [-0.05, 0) is 54.9 Å². The summed E-state index contributed by atoms with van der Waals surface area (Å²) in [5, 5.41) is 1.29. The van der Waals surface area contributed by atoms with Gasteiger partial charge in [0.15, 0.2) is 6.61 Å². The number of aromatic nitrogens is 1. The van der Waals surface area contributed by atoms with Gasteiger partial charge in [0.1, 0.15) is 6.10 Å². The summed E-state index contributed by atoms with van der Waals surface area (Å²) in [6, 6.07) is 16.3. The SMILES string of the molecule is CC(C)[C@@H]1CC[C@H](C)C[C@H]1OC(=O)COC(=O)c1cc(-c2ccc(Cl)cc2)nc2ccccc12. The van der Waals surface area contributed by atoms with Gasteiger partial charge in [-0.25, -0.2) is 14.6 Å². The van der Waals surface area contributed by atoms with Crippen molar-refractivity contribution in [2.24, 2.45) is 17.8 Å². The zero-order chi connectivity index (χ0) is 24.2. The second-order valence-electron chi connectivity index (χ2n) is 9.51. The van der Waals surface area contributed by atoms with Crippen LogP contribution in [0.3, 0.4) is 0 Å². The van der Waals surface area contributed by atoms with E-state index in [1.54, 1.807) is 18.2 Å². The van der Waals surface area contributed by atoms with Crippen molar-refractivity contribution < 1.29 is 19.1 Å². The first-order valence-electron chi connectivity index (χ1n) is 11.8. The van der Waals surface area contributed by atoms with Crippen molar-refractivity contribution in [1.82, 2.24) is 4.98 Å². The highest BCUT2D eigenvalue weighted by Gasteiger charge is 2.33. The summed E-state index contributed by atoms with van der Waals surface area (Å²) in [4.78, 5) is 30.3. The fraction of sp³-hybridized carbons (Fsp3) is 0.393. The van der Waals surface area contributed by atoms with Gasteiger partial charge in [0.05, 0.1) is 16.8 Å². The van der Waals surface area contributed by atoms with E-state index in [-0.39, 0.29) is 6.10 Å². The van der Waals surface area contributed by atoms with Crippen molar-refractivity contribution in [2.45, 2.75) is 46.1 Å². The summed E-state index contributed by atoms with van der Waals surface area (Å²) in [5.41, 5.74) is 2.48. The van der Waals surface area contributed by atoms with Gasteiger partial charge in [0, 0.05) is 16.0 Å². The molecule has 0 amide bonds. The molecule has 6 heteroatoms. The molecular formula is C28H30ClNO4. The van der Waals surface area contributed by atoms with Crippen LogP contribution >= 0.6 is 11.6 Å². The summed E-state index contributed by atoms with van der Waals surface area (Å²) < 4.78 is 11.2. The maximum atomic E-state index is 13.0. The first-order valence-corrected chi connectivity index (χ1v) is 12.2. The number of benzene rings is 2. The number of carbonyl (C=O) groups is 2. The van der Waals surface area contributed by atoms with Crippen molar-refractivity contribution in [3.8, 4) is 11.3 Å². The van der Waals surface area contributed by atoms with E-state index < -0.39 is 18.5 Å². The Bertz CT molecular complexity index is 1170. The molecule has 1 aliphatic carbocycles. The van der Waals surface area contributed by atoms with E-state index in [0.29, 0.717) is 44.9 Å². The molecule has 2 aromatic carbocycles. The number of fused-ring (bicyclic) bond motifs is 1. The molecule has 1 saturated carbocycles. The Labute approximate surface area is 205 Å². The molecule has 0 bridgehead atoms. The normalized spacial score (nSPS) is 20.3. The molecule has 4 rings (SSSR count).